The van der Waals surface area contributed by atoms with Crippen molar-refractivity contribution < 1.29 is 19.1 Å². The van der Waals surface area contributed by atoms with E-state index in [9.17, 15) is 9.59 Å². The van der Waals surface area contributed by atoms with Gasteiger partial charge < -0.3 is 14.8 Å². The van der Waals surface area contributed by atoms with Crippen LogP contribution in [0.25, 0.3) is 0 Å². The van der Waals surface area contributed by atoms with Gasteiger partial charge in [0.25, 0.3) is 5.91 Å². The van der Waals surface area contributed by atoms with E-state index in [2.05, 4.69) is 5.32 Å². The quantitative estimate of drug-likeness (QED) is 0.692. The van der Waals surface area contributed by atoms with E-state index < -0.39 is 0 Å². The lowest BCUT2D eigenvalue weighted by molar-refractivity contribution is -0.123. The molecule has 0 aliphatic carbocycles. The molecule has 0 radical (unpaired) electrons. The summed E-state index contributed by atoms with van der Waals surface area (Å²) in [6.07, 6.45) is 1.56. The first kappa shape index (κ1) is 18.8. The van der Waals surface area contributed by atoms with Crippen LogP contribution in [0.2, 0.25) is 5.02 Å². The maximum atomic E-state index is 11.9. The number of benzene rings is 2. The van der Waals surface area contributed by atoms with Gasteiger partial charge >= 0.3 is 0 Å². The van der Waals surface area contributed by atoms with Gasteiger partial charge in [-0.05, 0) is 36.2 Å². The van der Waals surface area contributed by atoms with Crippen molar-refractivity contribution in [3.8, 4) is 11.5 Å². The van der Waals surface area contributed by atoms with Gasteiger partial charge in [-0.25, -0.2) is 0 Å². The van der Waals surface area contributed by atoms with E-state index in [0.29, 0.717) is 41.5 Å². The monoisotopic (exact) mass is 361 g/mol. The summed E-state index contributed by atoms with van der Waals surface area (Å²) >= 11 is 5.82. The van der Waals surface area contributed by atoms with Gasteiger partial charge in [0.1, 0.15) is 11.5 Å². The predicted molar refractivity (Wildman–Crippen MR) is 96.4 cm³/mol. The van der Waals surface area contributed by atoms with Gasteiger partial charge in [-0.2, -0.15) is 0 Å². The highest BCUT2D eigenvalue weighted by Crippen LogP contribution is 2.24. The number of ether oxygens (including phenoxy) is 2. The Bertz CT molecular complexity index is 716. The molecule has 0 aliphatic rings. The molecule has 132 valence electrons. The Hall–Kier alpha value is -2.53. The number of halogens is 1. The van der Waals surface area contributed by atoms with Gasteiger partial charge in [0.2, 0.25) is 0 Å². The zero-order valence-corrected chi connectivity index (χ0v) is 14.7. The van der Waals surface area contributed by atoms with Crippen LogP contribution in [-0.2, 0) is 11.3 Å². The third kappa shape index (κ3) is 6.12. The highest BCUT2D eigenvalue weighted by molar-refractivity contribution is 6.30. The van der Waals surface area contributed by atoms with Crippen molar-refractivity contribution in [1.29, 1.82) is 0 Å². The maximum Gasteiger partial charge on any atom is 0.258 e. The first-order valence-corrected chi connectivity index (χ1v) is 8.36. The fraction of sp³-hybridized carbons (Fsp3) is 0.263. The molecule has 1 amide bonds. The van der Waals surface area contributed by atoms with E-state index in [1.54, 1.807) is 30.3 Å². The molecule has 2 aromatic carbocycles. The molecule has 0 unspecified atom stereocenters. The number of hydrogen-bond acceptors (Lipinski definition) is 4. The molecule has 5 nitrogen and oxygen atoms in total. The van der Waals surface area contributed by atoms with Crippen molar-refractivity contribution in [2.24, 2.45) is 0 Å². The third-order valence-corrected chi connectivity index (χ3v) is 3.60. The molecular formula is C19H20ClNO4. The van der Waals surface area contributed by atoms with Crippen LogP contribution in [0.15, 0.2) is 42.5 Å². The van der Waals surface area contributed by atoms with Crippen LogP contribution in [0.4, 0.5) is 0 Å². The molecule has 0 fully saturated rings. The van der Waals surface area contributed by atoms with Crippen LogP contribution in [0, 0.1) is 0 Å². The number of rotatable bonds is 9. The molecule has 0 aromatic heterocycles. The summed E-state index contributed by atoms with van der Waals surface area (Å²) in [5.41, 5.74) is 1.30. The Morgan fingerprint density at radius 3 is 2.60 bits per heavy atom. The third-order valence-electron chi connectivity index (χ3n) is 3.35. The normalized spacial score (nSPS) is 10.2. The number of hydrogen-bond donors (Lipinski definition) is 1. The topological polar surface area (TPSA) is 64.6 Å². The number of nitrogens with one attached hydrogen (secondary N) is 1. The van der Waals surface area contributed by atoms with Gasteiger partial charge in [-0.3, -0.25) is 9.59 Å². The minimum Gasteiger partial charge on any atom is -0.493 e. The van der Waals surface area contributed by atoms with Crippen molar-refractivity contribution >= 4 is 23.8 Å². The van der Waals surface area contributed by atoms with Gasteiger partial charge in [-0.1, -0.05) is 30.7 Å². The molecular weight excluding hydrogens is 342 g/mol. The SMILES string of the molecule is CCCOc1ccc(C=O)c(OCC(=O)NCc2ccc(Cl)cc2)c1. The molecule has 0 saturated carbocycles. The second-order valence-electron chi connectivity index (χ2n) is 5.36. The standard InChI is InChI=1S/C19H20ClNO4/c1-2-9-24-17-8-5-15(12-22)18(10-17)25-13-19(23)21-11-14-3-6-16(20)7-4-14/h3-8,10,12H,2,9,11,13H2,1H3,(H,21,23). The van der Waals surface area contributed by atoms with E-state index in [-0.39, 0.29) is 12.5 Å². The number of aldehydes is 1. The van der Waals surface area contributed by atoms with Gasteiger partial charge in [0, 0.05) is 17.6 Å². The molecule has 0 aliphatic heterocycles. The summed E-state index contributed by atoms with van der Waals surface area (Å²) in [6, 6.07) is 12.1. The molecule has 0 spiro atoms. The Morgan fingerprint density at radius 1 is 1.16 bits per heavy atom. The molecule has 0 bridgehead atoms. The number of amides is 1. The van der Waals surface area contributed by atoms with E-state index in [1.165, 1.54) is 0 Å². The molecule has 2 aromatic rings. The molecule has 25 heavy (non-hydrogen) atoms. The highest BCUT2D eigenvalue weighted by Gasteiger charge is 2.09. The van der Waals surface area contributed by atoms with Crippen molar-refractivity contribution in [1.82, 2.24) is 5.32 Å². The Labute approximate surface area is 151 Å². The van der Waals surface area contributed by atoms with E-state index in [4.69, 9.17) is 21.1 Å². The molecule has 6 heteroatoms. The molecule has 0 heterocycles. The van der Waals surface area contributed by atoms with Crippen LogP contribution in [-0.4, -0.2) is 25.4 Å². The first-order chi connectivity index (χ1) is 12.1. The van der Waals surface area contributed by atoms with Crippen LogP contribution in [0.3, 0.4) is 0 Å². The van der Waals surface area contributed by atoms with E-state index in [1.807, 2.05) is 19.1 Å². The minimum absolute atomic E-state index is 0.189. The average Bonchev–Trinajstić information content (AvgIpc) is 2.64. The maximum absolute atomic E-state index is 11.9. The Morgan fingerprint density at radius 2 is 1.92 bits per heavy atom. The number of carbonyl (C=O) groups is 2. The van der Waals surface area contributed by atoms with Gasteiger partial charge in [0.05, 0.1) is 12.2 Å². The van der Waals surface area contributed by atoms with Crippen molar-refractivity contribution in [2.45, 2.75) is 19.9 Å². The van der Waals surface area contributed by atoms with Crippen LogP contribution >= 0.6 is 11.6 Å². The zero-order valence-electron chi connectivity index (χ0n) is 14.0. The van der Waals surface area contributed by atoms with E-state index >= 15 is 0 Å². The minimum atomic E-state index is -0.285. The summed E-state index contributed by atoms with van der Waals surface area (Å²) in [7, 11) is 0. The highest BCUT2D eigenvalue weighted by atomic mass is 35.5. The van der Waals surface area contributed by atoms with Crippen molar-refractivity contribution in [3.05, 3.63) is 58.6 Å². The summed E-state index contributed by atoms with van der Waals surface area (Å²) in [5, 5.41) is 3.39. The molecule has 0 saturated heterocycles. The van der Waals surface area contributed by atoms with E-state index in [0.717, 1.165) is 12.0 Å². The lowest BCUT2D eigenvalue weighted by atomic mass is 10.2. The average molecular weight is 362 g/mol. The fourth-order valence-corrected chi connectivity index (χ4v) is 2.17. The summed E-state index contributed by atoms with van der Waals surface area (Å²) in [6.45, 7) is 2.76. The lowest BCUT2D eigenvalue weighted by Gasteiger charge is -2.11. The molecule has 0 atom stereocenters. The van der Waals surface area contributed by atoms with Crippen LogP contribution in [0.5, 0.6) is 11.5 Å². The smallest absolute Gasteiger partial charge is 0.258 e. The largest absolute Gasteiger partial charge is 0.493 e. The van der Waals surface area contributed by atoms with Crippen molar-refractivity contribution in [3.63, 3.8) is 0 Å². The van der Waals surface area contributed by atoms with Crippen LogP contribution in [0.1, 0.15) is 29.3 Å². The van der Waals surface area contributed by atoms with Gasteiger partial charge in [0.15, 0.2) is 12.9 Å². The summed E-state index contributed by atoms with van der Waals surface area (Å²) in [5.74, 6) is 0.640. The zero-order chi connectivity index (χ0) is 18.1. The van der Waals surface area contributed by atoms with Gasteiger partial charge in [-0.15, -0.1) is 0 Å². The second-order valence-corrected chi connectivity index (χ2v) is 5.79. The lowest BCUT2D eigenvalue weighted by Crippen LogP contribution is -2.28. The Balaban J connectivity index is 1.89. The molecule has 1 N–H and O–H groups in total. The second kappa shape index (κ2) is 9.69. The number of carbonyl (C=O) groups excluding carboxylic acids is 2. The predicted octanol–water partition coefficient (Wildman–Crippen LogP) is 3.64. The Kier molecular flexibility index (Phi) is 7.29. The van der Waals surface area contributed by atoms with Crippen molar-refractivity contribution in [2.75, 3.05) is 13.2 Å². The fourth-order valence-electron chi connectivity index (χ4n) is 2.04. The summed E-state index contributed by atoms with van der Waals surface area (Å²) in [4.78, 5) is 23.0. The first-order valence-electron chi connectivity index (χ1n) is 7.98. The molecule has 2 rings (SSSR count). The van der Waals surface area contributed by atoms with Crippen LogP contribution < -0.4 is 14.8 Å². The summed E-state index contributed by atoms with van der Waals surface area (Å²) < 4.78 is 11.0.